The van der Waals surface area contributed by atoms with E-state index in [0.717, 1.165) is 42.3 Å². The van der Waals surface area contributed by atoms with Crippen LogP contribution >= 0.6 is 0 Å². The van der Waals surface area contributed by atoms with Crippen LogP contribution in [0.1, 0.15) is 36.3 Å². The second kappa shape index (κ2) is 11.9. The summed E-state index contributed by atoms with van der Waals surface area (Å²) in [7, 11) is 0. The lowest BCUT2D eigenvalue weighted by Gasteiger charge is -2.36. The number of aliphatic hydroxyl groups excluding tert-OH is 1. The normalized spacial score (nSPS) is 21.5. The molecule has 0 aliphatic carbocycles. The van der Waals surface area contributed by atoms with Crippen molar-refractivity contribution in [3.05, 3.63) is 71.2 Å². The van der Waals surface area contributed by atoms with Crippen LogP contribution in [0.3, 0.4) is 0 Å². The molecule has 3 aliphatic heterocycles. The minimum Gasteiger partial charge on any atom is -0.459 e. The van der Waals surface area contributed by atoms with Crippen molar-refractivity contribution in [3.8, 4) is 11.5 Å². The van der Waals surface area contributed by atoms with Crippen molar-refractivity contribution < 1.29 is 33.2 Å². The molecule has 0 aromatic heterocycles. The summed E-state index contributed by atoms with van der Waals surface area (Å²) in [6, 6.07) is 12.3. The third-order valence-corrected chi connectivity index (χ3v) is 6.93. The molecule has 1 N–H and O–H groups in total. The summed E-state index contributed by atoms with van der Waals surface area (Å²) in [6.07, 6.45) is 3.14. The van der Waals surface area contributed by atoms with Gasteiger partial charge in [0.25, 0.3) is 5.91 Å². The summed E-state index contributed by atoms with van der Waals surface area (Å²) >= 11 is 0. The van der Waals surface area contributed by atoms with Gasteiger partial charge in [0.15, 0.2) is 17.3 Å². The molecule has 0 radical (unpaired) electrons. The molecule has 0 unspecified atom stereocenters. The van der Waals surface area contributed by atoms with E-state index in [-0.39, 0.29) is 36.8 Å². The minimum absolute atomic E-state index is 0.109. The van der Waals surface area contributed by atoms with Crippen LogP contribution in [-0.4, -0.2) is 73.3 Å². The Kier molecular flexibility index (Phi) is 8.23. The lowest BCUT2D eigenvalue weighted by atomic mass is 9.93. The highest BCUT2D eigenvalue weighted by molar-refractivity contribution is 5.92. The number of nitrogens with zero attached hydrogens (tertiary/aromatic N) is 2. The predicted octanol–water partition coefficient (Wildman–Crippen LogP) is 3.40. The number of ether oxygens (including phenoxy) is 4. The number of rotatable bonds is 9. The number of halogens is 1. The van der Waals surface area contributed by atoms with E-state index in [4.69, 9.17) is 24.1 Å². The van der Waals surface area contributed by atoms with E-state index in [1.165, 1.54) is 12.1 Å². The first-order valence-corrected chi connectivity index (χ1v) is 12.9. The summed E-state index contributed by atoms with van der Waals surface area (Å²) in [5.74, 6) is 1.25. The second-order valence-electron chi connectivity index (χ2n) is 9.53. The number of carbonyl (C=O) groups is 1. The predicted molar refractivity (Wildman–Crippen MR) is 133 cm³/mol. The van der Waals surface area contributed by atoms with Gasteiger partial charge in [-0.15, -0.1) is 0 Å². The Morgan fingerprint density at radius 1 is 1.03 bits per heavy atom. The first-order valence-electron chi connectivity index (χ1n) is 12.9. The molecule has 0 saturated carbocycles. The minimum atomic E-state index is -0.579. The number of benzene rings is 2. The highest BCUT2D eigenvalue weighted by Gasteiger charge is 2.32. The van der Waals surface area contributed by atoms with Gasteiger partial charge in [0.05, 0.1) is 6.61 Å². The monoisotopic (exact) mass is 512 g/mol. The fourth-order valence-electron chi connectivity index (χ4n) is 4.84. The molecule has 2 aromatic carbocycles. The number of amides is 1. The lowest BCUT2D eigenvalue weighted by Crippen LogP contribution is -2.49. The first-order chi connectivity index (χ1) is 18.1. The number of hydrogen-bond acceptors (Lipinski definition) is 7. The summed E-state index contributed by atoms with van der Waals surface area (Å²) in [4.78, 5) is 17.6. The Bertz CT molecular complexity index is 1100. The highest BCUT2D eigenvalue weighted by Crippen LogP contribution is 2.34. The number of piperazine rings is 1. The average Bonchev–Trinajstić information content (AvgIpc) is 3.39. The molecular weight excluding hydrogens is 479 g/mol. The van der Waals surface area contributed by atoms with Crippen LogP contribution in [0.4, 0.5) is 4.39 Å². The van der Waals surface area contributed by atoms with E-state index < -0.39 is 6.29 Å². The molecule has 2 aromatic rings. The molecule has 0 bridgehead atoms. The van der Waals surface area contributed by atoms with Gasteiger partial charge in [-0.3, -0.25) is 9.69 Å². The zero-order valence-corrected chi connectivity index (χ0v) is 20.8. The number of carbonyl (C=O) groups excluding carboxylic acids is 1. The van der Waals surface area contributed by atoms with Gasteiger partial charge in [-0.1, -0.05) is 18.2 Å². The van der Waals surface area contributed by atoms with Crippen LogP contribution in [0.15, 0.2) is 54.3 Å². The fraction of sp³-hybridized carbons (Fsp3) is 0.464. The summed E-state index contributed by atoms with van der Waals surface area (Å²) in [6.45, 7) is 4.24. The summed E-state index contributed by atoms with van der Waals surface area (Å²) < 4.78 is 36.2. The van der Waals surface area contributed by atoms with Crippen LogP contribution in [0, 0.1) is 5.82 Å². The van der Waals surface area contributed by atoms with Gasteiger partial charge >= 0.3 is 0 Å². The first kappa shape index (κ1) is 25.5. The van der Waals surface area contributed by atoms with E-state index >= 15 is 0 Å². The van der Waals surface area contributed by atoms with Crippen LogP contribution in [0.5, 0.6) is 11.5 Å². The Hall–Kier alpha value is -3.14. The molecule has 9 heteroatoms. The van der Waals surface area contributed by atoms with Crippen LogP contribution < -0.4 is 9.47 Å². The molecule has 2 atom stereocenters. The van der Waals surface area contributed by atoms with Crippen LogP contribution in [0.25, 0.3) is 0 Å². The van der Waals surface area contributed by atoms with Gasteiger partial charge in [0.1, 0.15) is 5.82 Å². The van der Waals surface area contributed by atoms with E-state index in [1.54, 1.807) is 12.1 Å². The number of fused-ring (bicyclic) bond motifs is 1. The van der Waals surface area contributed by atoms with Crippen LogP contribution in [-0.2, 0) is 20.8 Å². The highest BCUT2D eigenvalue weighted by atomic mass is 19.1. The lowest BCUT2D eigenvalue weighted by molar-refractivity contribution is -0.154. The molecule has 37 heavy (non-hydrogen) atoms. The standard InChI is InChI=1S/C28H33FN2O6/c29-23-6-4-21(5-7-23)22-16-26(37-27(17-22)34-14-2-1-13-32)28(33)31-11-9-30(10-12-31)18-20-3-8-24-25(15-20)36-19-35-24/h3-8,15-16,22,27,32H,1-2,9-14,17-19H2/t22-,27+/m0/s1. The molecule has 3 heterocycles. The van der Waals surface area contributed by atoms with Crippen molar-refractivity contribution in [2.45, 2.75) is 38.0 Å². The van der Waals surface area contributed by atoms with Crippen molar-refractivity contribution in [2.75, 3.05) is 46.2 Å². The summed E-state index contributed by atoms with van der Waals surface area (Å²) in [5.41, 5.74) is 2.05. The Balaban J connectivity index is 1.21. The fourth-order valence-corrected chi connectivity index (χ4v) is 4.84. The van der Waals surface area contributed by atoms with Gasteiger partial charge in [0.2, 0.25) is 13.1 Å². The Morgan fingerprint density at radius 3 is 2.59 bits per heavy atom. The number of allylic oxidation sites excluding steroid dienone is 1. The number of hydrogen-bond donors (Lipinski definition) is 1. The maximum absolute atomic E-state index is 13.5. The third-order valence-electron chi connectivity index (χ3n) is 6.93. The van der Waals surface area contributed by atoms with E-state index in [0.29, 0.717) is 39.0 Å². The van der Waals surface area contributed by atoms with Crippen LogP contribution in [0.2, 0.25) is 0 Å². The molecule has 1 fully saturated rings. The summed E-state index contributed by atoms with van der Waals surface area (Å²) in [5, 5.41) is 9.02. The van der Waals surface area contributed by atoms with Crippen molar-refractivity contribution in [2.24, 2.45) is 0 Å². The topological polar surface area (TPSA) is 80.7 Å². The Morgan fingerprint density at radius 2 is 1.81 bits per heavy atom. The van der Waals surface area contributed by atoms with Gasteiger partial charge < -0.3 is 29.0 Å². The second-order valence-corrected chi connectivity index (χ2v) is 9.53. The Labute approximate surface area is 216 Å². The number of unbranched alkanes of at least 4 members (excludes halogenated alkanes) is 1. The van der Waals surface area contributed by atoms with Crippen molar-refractivity contribution in [1.29, 1.82) is 0 Å². The van der Waals surface area contributed by atoms with Crippen molar-refractivity contribution >= 4 is 5.91 Å². The molecule has 5 rings (SSSR count). The molecular formula is C28H33FN2O6. The maximum Gasteiger partial charge on any atom is 0.288 e. The smallest absolute Gasteiger partial charge is 0.288 e. The SMILES string of the molecule is O=C(C1=C[C@H](c2ccc(F)cc2)C[C@H](OCCCCO)O1)N1CCN(Cc2ccc3c(c2)OCO3)CC1. The zero-order valence-electron chi connectivity index (χ0n) is 20.8. The molecule has 1 saturated heterocycles. The van der Waals surface area contributed by atoms with Crippen molar-refractivity contribution in [1.82, 2.24) is 9.80 Å². The maximum atomic E-state index is 13.5. The van der Waals surface area contributed by atoms with Gasteiger partial charge in [0, 0.05) is 51.7 Å². The van der Waals surface area contributed by atoms with E-state index in [9.17, 15) is 9.18 Å². The van der Waals surface area contributed by atoms with Gasteiger partial charge in [-0.2, -0.15) is 0 Å². The zero-order chi connectivity index (χ0) is 25.6. The average molecular weight is 513 g/mol. The van der Waals surface area contributed by atoms with E-state index in [1.807, 2.05) is 29.2 Å². The van der Waals surface area contributed by atoms with Crippen molar-refractivity contribution in [3.63, 3.8) is 0 Å². The quantitative estimate of drug-likeness (QED) is 0.516. The largest absolute Gasteiger partial charge is 0.459 e. The molecule has 1 amide bonds. The molecule has 198 valence electrons. The third kappa shape index (κ3) is 6.41. The van der Waals surface area contributed by atoms with Gasteiger partial charge in [-0.25, -0.2) is 4.39 Å². The molecule has 3 aliphatic rings. The van der Waals surface area contributed by atoms with E-state index in [2.05, 4.69) is 4.90 Å². The van der Waals surface area contributed by atoms with Gasteiger partial charge in [-0.05, 0) is 54.3 Å². The number of aliphatic hydroxyl groups is 1. The molecule has 8 nitrogen and oxygen atoms in total. The molecule has 0 spiro atoms.